The number of rotatable bonds is 10. The number of hydrogen-bond donors (Lipinski definition) is 1. The lowest BCUT2D eigenvalue weighted by atomic mass is 10.3. The average molecular weight is 434 g/mol. The van der Waals surface area contributed by atoms with Crippen molar-refractivity contribution in [2.75, 3.05) is 25.0 Å². The minimum absolute atomic E-state index is 0.262. The number of thiazole rings is 1. The quantitative estimate of drug-likeness (QED) is 0.519. The number of likely N-dealkylation sites (N-methyl/N-ethyl adjacent to an activating group) is 1. The second-order valence-electron chi connectivity index (χ2n) is 6.34. The first-order chi connectivity index (χ1) is 14.1. The van der Waals surface area contributed by atoms with Crippen molar-refractivity contribution >= 4 is 34.5 Å². The minimum Gasteiger partial charge on any atom is -0.486 e. The SMILES string of the molecule is CCN(CC)CCn1cc(NC(=O)c2csc(COc3ccc(Cl)cc3)n2)cn1. The van der Waals surface area contributed by atoms with Gasteiger partial charge in [0, 0.05) is 23.1 Å². The molecule has 3 aromatic rings. The highest BCUT2D eigenvalue weighted by molar-refractivity contribution is 7.09. The van der Waals surface area contributed by atoms with Gasteiger partial charge >= 0.3 is 0 Å². The van der Waals surface area contributed by atoms with Gasteiger partial charge in [0.15, 0.2) is 0 Å². The Labute approximate surface area is 179 Å². The average Bonchev–Trinajstić information content (AvgIpc) is 3.38. The third-order valence-corrected chi connectivity index (χ3v) is 5.47. The normalized spacial score (nSPS) is 11.0. The van der Waals surface area contributed by atoms with Crippen molar-refractivity contribution in [2.24, 2.45) is 0 Å². The number of carbonyl (C=O) groups excluding carboxylic acids is 1. The van der Waals surface area contributed by atoms with Crippen LogP contribution in [0.2, 0.25) is 5.02 Å². The molecule has 0 fully saturated rings. The van der Waals surface area contributed by atoms with E-state index in [0.717, 1.165) is 31.2 Å². The molecule has 1 amide bonds. The molecule has 0 aliphatic rings. The molecule has 0 aliphatic heterocycles. The number of nitrogens with zero attached hydrogens (tertiary/aromatic N) is 4. The number of nitrogens with one attached hydrogen (secondary N) is 1. The Bertz CT molecular complexity index is 921. The molecule has 29 heavy (non-hydrogen) atoms. The van der Waals surface area contributed by atoms with Crippen molar-refractivity contribution in [3.05, 3.63) is 57.8 Å². The van der Waals surface area contributed by atoms with Crippen LogP contribution < -0.4 is 10.1 Å². The molecule has 154 valence electrons. The summed E-state index contributed by atoms with van der Waals surface area (Å²) in [5.41, 5.74) is 1.02. The van der Waals surface area contributed by atoms with E-state index in [-0.39, 0.29) is 5.91 Å². The van der Waals surface area contributed by atoms with Crippen molar-refractivity contribution in [3.63, 3.8) is 0 Å². The molecule has 0 saturated heterocycles. The van der Waals surface area contributed by atoms with Gasteiger partial charge in [-0.25, -0.2) is 4.98 Å². The molecule has 3 rings (SSSR count). The maximum Gasteiger partial charge on any atom is 0.275 e. The maximum absolute atomic E-state index is 12.4. The van der Waals surface area contributed by atoms with E-state index in [0.29, 0.717) is 28.8 Å². The molecular weight excluding hydrogens is 410 g/mol. The van der Waals surface area contributed by atoms with E-state index in [4.69, 9.17) is 16.3 Å². The van der Waals surface area contributed by atoms with Crippen molar-refractivity contribution in [3.8, 4) is 5.75 Å². The second-order valence-corrected chi connectivity index (χ2v) is 7.72. The molecule has 0 unspecified atom stereocenters. The molecule has 9 heteroatoms. The lowest BCUT2D eigenvalue weighted by Gasteiger charge is -2.17. The molecule has 0 saturated carbocycles. The van der Waals surface area contributed by atoms with Crippen LogP contribution in [-0.2, 0) is 13.2 Å². The van der Waals surface area contributed by atoms with Crippen LogP contribution in [0.1, 0.15) is 29.3 Å². The summed E-state index contributed by atoms with van der Waals surface area (Å²) in [6.07, 6.45) is 3.48. The van der Waals surface area contributed by atoms with E-state index < -0.39 is 0 Å². The highest BCUT2D eigenvalue weighted by Crippen LogP contribution is 2.18. The van der Waals surface area contributed by atoms with Crippen LogP contribution in [0.5, 0.6) is 5.75 Å². The molecule has 0 bridgehead atoms. The standard InChI is InChI=1S/C20H24ClN5O2S/c1-3-25(4-2)9-10-26-12-16(11-22-26)23-20(27)18-14-29-19(24-18)13-28-17-7-5-15(21)6-8-17/h5-8,11-12,14H,3-4,9-10,13H2,1-2H3,(H,23,27). The Morgan fingerprint density at radius 3 is 2.76 bits per heavy atom. The lowest BCUT2D eigenvalue weighted by molar-refractivity contribution is 0.102. The van der Waals surface area contributed by atoms with Gasteiger partial charge in [0.2, 0.25) is 0 Å². The fourth-order valence-electron chi connectivity index (χ4n) is 2.69. The number of ether oxygens (including phenoxy) is 1. The highest BCUT2D eigenvalue weighted by atomic mass is 35.5. The number of carbonyl (C=O) groups is 1. The highest BCUT2D eigenvalue weighted by Gasteiger charge is 2.13. The van der Waals surface area contributed by atoms with Crippen LogP contribution in [-0.4, -0.2) is 45.2 Å². The molecule has 0 spiro atoms. The molecule has 0 radical (unpaired) electrons. The Balaban J connectivity index is 1.50. The Hall–Kier alpha value is -2.42. The number of amides is 1. The van der Waals surface area contributed by atoms with E-state index in [1.54, 1.807) is 35.8 Å². The topological polar surface area (TPSA) is 72.3 Å². The van der Waals surface area contributed by atoms with Crippen molar-refractivity contribution in [1.29, 1.82) is 0 Å². The minimum atomic E-state index is -0.262. The Kier molecular flexibility index (Phi) is 7.62. The predicted molar refractivity (Wildman–Crippen MR) is 116 cm³/mol. The summed E-state index contributed by atoms with van der Waals surface area (Å²) in [6, 6.07) is 7.11. The van der Waals surface area contributed by atoms with Gasteiger partial charge in [0.1, 0.15) is 23.1 Å². The molecule has 0 aliphatic carbocycles. The number of halogens is 1. The molecule has 2 heterocycles. The van der Waals surface area contributed by atoms with Gasteiger partial charge in [-0.05, 0) is 37.4 Å². The summed E-state index contributed by atoms with van der Waals surface area (Å²) in [6.45, 7) is 8.29. The monoisotopic (exact) mass is 433 g/mol. The van der Waals surface area contributed by atoms with Gasteiger partial charge in [-0.1, -0.05) is 25.4 Å². The van der Waals surface area contributed by atoms with Gasteiger partial charge in [0.25, 0.3) is 5.91 Å². The van der Waals surface area contributed by atoms with Crippen LogP contribution in [0.4, 0.5) is 5.69 Å². The van der Waals surface area contributed by atoms with Crippen molar-refractivity contribution in [1.82, 2.24) is 19.7 Å². The van der Waals surface area contributed by atoms with Crippen LogP contribution in [0.15, 0.2) is 42.0 Å². The summed E-state index contributed by atoms with van der Waals surface area (Å²) in [5.74, 6) is 0.440. The summed E-state index contributed by atoms with van der Waals surface area (Å²) in [7, 11) is 0. The number of hydrogen-bond acceptors (Lipinski definition) is 6. The second kappa shape index (κ2) is 10.4. The van der Waals surface area contributed by atoms with Crippen LogP contribution in [0.25, 0.3) is 0 Å². The Morgan fingerprint density at radius 1 is 1.28 bits per heavy atom. The largest absolute Gasteiger partial charge is 0.486 e. The van der Waals surface area contributed by atoms with Crippen molar-refractivity contribution in [2.45, 2.75) is 27.0 Å². The molecule has 1 aromatic carbocycles. The smallest absolute Gasteiger partial charge is 0.275 e. The fourth-order valence-corrected chi connectivity index (χ4v) is 3.50. The summed E-state index contributed by atoms with van der Waals surface area (Å²) in [5, 5.41) is 10.2. The van der Waals surface area contributed by atoms with E-state index in [9.17, 15) is 4.79 Å². The third kappa shape index (κ3) is 6.28. The summed E-state index contributed by atoms with van der Waals surface area (Å²) < 4.78 is 7.50. The van der Waals surface area contributed by atoms with Gasteiger partial charge in [-0.2, -0.15) is 5.10 Å². The third-order valence-electron chi connectivity index (χ3n) is 4.39. The fraction of sp³-hybridized carbons (Fsp3) is 0.350. The number of benzene rings is 1. The molecule has 7 nitrogen and oxygen atoms in total. The number of anilines is 1. The van der Waals surface area contributed by atoms with Crippen LogP contribution in [0, 0.1) is 0 Å². The summed E-state index contributed by atoms with van der Waals surface area (Å²) in [4.78, 5) is 19.1. The van der Waals surface area contributed by atoms with Crippen molar-refractivity contribution < 1.29 is 9.53 Å². The van der Waals surface area contributed by atoms with Crippen LogP contribution in [0.3, 0.4) is 0 Å². The zero-order valence-corrected chi connectivity index (χ0v) is 18.0. The molecule has 0 atom stereocenters. The van der Waals surface area contributed by atoms with E-state index >= 15 is 0 Å². The lowest BCUT2D eigenvalue weighted by Crippen LogP contribution is -2.27. The maximum atomic E-state index is 12.4. The van der Waals surface area contributed by atoms with Gasteiger partial charge in [-0.3, -0.25) is 9.48 Å². The molecule has 1 N–H and O–H groups in total. The van der Waals surface area contributed by atoms with E-state index in [2.05, 4.69) is 34.1 Å². The zero-order chi connectivity index (χ0) is 20.6. The molecular formula is C20H24ClN5O2S. The van der Waals surface area contributed by atoms with Crippen LogP contribution >= 0.6 is 22.9 Å². The zero-order valence-electron chi connectivity index (χ0n) is 16.5. The molecule has 2 aromatic heterocycles. The predicted octanol–water partition coefficient (Wildman–Crippen LogP) is 4.17. The van der Waals surface area contributed by atoms with Gasteiger partial charge in [-0.15, -0.1) is 11.3 Å². The Morgan fingerprint density at radius 2 is 2.03 bits per heavy atom. The summed E-state index contributed by atoms with van der Waals surface area (Å²) >= 11 is 7.24. The van der Waals surface area contributed by atoms with Gasteiger partial charge < -0.3 is 15.0 Å². The first kappa shape index (κ1) is 21.3. The first-order valence-corrected chi connectivity index (χ1v) is 10.7. The van der Waals surface area contributed by atoms with Gasteiger partial charge in [0.05, 0.1) is 18.4 Å². The number of aromatic nitrogens is 3. The van der Waals surface area contributed by atoms with E-state index in [1.807, 2.05) is 10.9 Å². The first-order valence-electron chi connectivity index (χ1n) is 9.46. The van der Waals surface area contributed by atoms with E-state index in [1.165, 1.54) is 11.3 Å².